The van der Waals surface area contributed by atoms with E-state index in [-0.39, 0.29) is 12.1 Å². The van der Waals surface area contributed by atoms with Crippen molar-refractivity contribution in [1.29, 1.82) is 0 Å². The third-order valence-corrected chi connectivity index (χ3v) is 3.45. The molecule has 1 aliphatic rings. The summed E-state index contributed by atoms with van der Waals surface area (Å²) in [5, 5.41) is 0. The van der Waals surface area contributed by atoms with Gasteiger partial charge in [-0.25, -0.2) is 9.97 Å². The third-order valence-electron chi connectivity index (χ3n) is 3.45. The van der Waals surface area contributed by atoms with Crippen molar-refractivity contribution in [1.82, 2.24) is 9.97 Å². The van der Waals surface area contributed by atoms with Crippen molar-refractivity contribution in [2.75, 3.05) is 0 Å². The number of para-hydroxylation sites is 2. The van der Waals surface area contributed by atoms with Gasteiger partial charge in [0.1, 0.15) is 6.10 Å². The first kappa shape index (κ1) is 11.4. The van der Waals surface area contributed by atoms with Crippen LogP contribution in [0.5, 0.6) is 5.88 Å². The van der Waals surface area contributed by atoms with E-state index in [1.165, 1.54) is 12.8 Å². The molecule has 94 valence electrons. The molecule has 3 rings (SSSR count). The average Bonchev–Trinajstić information content (AvgIpc) is 2.41. The van der Waals surface area contributed by atoms with Gasteiger partial charge < -0.3 is 10.5 Å². The summed E-state index contributed by atoms with van der Waals surface area (Å²) >= 11 is 0. The van der Waals surface area contributed by atoms with Crippen molar-refractivity contribution in [3.63, 3.8) is 0 Å². The molecule has 1 heterocycles. The lowest BCUT2D eigenvalue weighted by atomic mass is 9.93. The molecule has 1 saturated carbocycles. The lowest BCUT2D eigenvalue weighted by Gasteiger charge is -2.28. The molecule has 2 atom stereocenters. The number of hydrogen-bond donors (Lipinski definition) is 1. The summed E-state index contributed by atoms with van der Waals surface area (Å²) in [5.41, 5.74) is 7.81. The summed E-state index contributed by atoms with van der Waals surface area (Å²) in [4.78, 5) is 8.81. The van der Waals surface area contributed by atoms with E-state index in [4.69, 9.17) is 10.5 Å². The van der Waals surface area contributed by atoms with Gasteiger partial charge in [0, 0.05) is 6.04 Å². The second-order valence-electron chi connectivity index (χ2n) is 4.80. The molecule has 0 spiro atoms. The highest BCUT2D eigenvalue weighted by atomic mass is 16.5. The zero-order valence-corrected chi connectivity index (χ0v) is 10.2. The van der Waals surface area contributed by atoms with E-state index in [0.29, 0.717) is 5.88 Å². The van der Waals surface area contributed by atoms with Crippen LogP contribution in [0.4, 0.5) is 0 Å². The number of fused-ring (bicyclic) bond motifs is 1. The Hall–Kier alpha value is -1.68. The number of nitrogens with two attached hydrogens (primary N) is 1. The molecule has 0 radical (unpaired) electrons. The number of nitrogens with zero attached hydrogens (tertiary/aromatic N) is 2. The van der Waals surface area contributed by atoms with E-state index < -0.39 is 0 Å². The van der Waals surface area contributed by atoms with Crippen LogP contribution in [-0.4, -0.2) is 22.1 Å². The minimum absolute atomic E-state index is 0.0780. The summed E-state index contributed by atoms with van der Waals surface area (Å²) in [6.45, 7) is 0. The zero-order valence-electron chi connectivity index (χ0n) is 10.2. The van der Waals surface area contributed by atoms with E-state index in [1.807, 2.05) is 24.3 Å². The van der Waals surface area contributed by atoms with E-state index in [1.54, 1.807) is 6.20 Å². The van der Waals surface area contributed by atoms with E-state index >= 15 is 0 Å². The summed E-state index contributed by atoms with van der Waals surface area (Å²) < 4.78 is 5.88. The maximum atomic E-state index is 6.07. The molecule has 18 heavy (non-hydrogen) atoms. The molecular weight excluding hydrogens is 226 g/mol. The molecule has 4 nitrogen and oxygen atoms in total. The van der Waals surface area contributed by atoms with Crippen molar-refractivity contribution in [3.05, 3.63) is 30.5 Å². The van der Waals surface area contributed by atoms with Gasteiger partial charge in [0.25, 0.3) is 0 Å². The molecule has 2 aromatic rings. The largest absolute Gasteiger partial charge is 0.472 e. The summed E-state index contributed by atoms with van der Waals surface area (Å²) in [6, 6.07) is 7.91. The molecular formula is C14H17N3O. The smallest absolute Gasteiger partial charge is 0.233 e. The quantitative estimate of drug-likeness (QED) is 0.879. The first-order valence-electron chi connectivity index (χ1n) is 6.47. The predicted molar refractivity (Wildman–Crippen MR) is 70.4 cm³/mol. The highest BCUT2D eigenvalue weighted by Crippen LogP contribution is 2.22. The number of hydrogen-bond acceptors (Lipinski definition) is 4. The summed E-state index contributed by atoms with van der Waals surface area (Å²) in [5.74, 6) is 0.580. The minimum atomic E-state index is 0.0780. The fourth-order valence-corrected chi connectivity index (χ4v) is 2.42. The Bertz CT molecular complexity index is 543. The van der Waals surface area contributed by atoms with Crippen molar-refractivity contribution < 1.29 is 4.74 Å². The zero-order chi connectivity index (χ0) is 12.4. The Kier molecular flexibility index (Phi) is 3.11. The van der Waals surface area contributed by atoms with Crippen LogP contribution < -0.4 is 10.5 Å². The fraction of sp³-hybridized carbons (Fsp3) is 0.429. The highest BCUT2D eigenvalue weighted by Gasteiger charge is 2.23. The Balaban J connectivity index is 1.81. The number of rotatable bonds is 2. The van der Waals surface area contributed by atoms with Crippen LogP contribution >= 0.6 is 0 Å². The van der Waals surface area contributed by atoms with E-state index in [2.05, 4.69) is 9.97 Å². The van der Waals surface area contributed by atoms with Gasteiger partial charge >= 0.3 is 0 Å². The maximum Gasteiger partial charge on any atom is 0.233 e. The second kappa shape index (κ2) is 4.90. The topological polar surface area (TPSA) is 61.0 Å². The van der Waals surface area contributed by atoms with Gasteiger partial charge in [-0.15, -0.1) is 0 Å². The van der Waals surface area contributed by atoms with Crippen LogP contribution in [0.2, 0.25) is 0 Å². The Morgan fingerprint density at radius 3 is 2.72 bits per heavy atom. The highest BCUT2D eigenvalue weighted by molar-refractivity contribution is 5.73. The van der Waals surface area contributed by atoms with Crippen molar-refractivity contribution in [2.24, 2.45) is 5.73 Å². The first-order valence-corrected chi connectivity index (χ1v) is 6.47. The number of benzene rings is 1. The second-order valence-corrected chi connectivity index (χ2v) is 4.80. The van der Waals surface area contributed by atoms with Gasteiger partial charge in [0.15, 0.2) is 0 Å². The molecule has 0 saturated heterocycles. The van der Waals surface area contributed by atoms with Crippen LogP contribution in [0, 0.1) is 0 Å². The maximum absolute atomic E-state index is 6.07. The average molecular weight is 243 g/mol. The lowest BCUT2D eigenvalue weighted by molar-refractivity contribution is 0.127. The summed E-state index contributed by atoms with van der Waals surface area (Å²) in [7, 11) is 0. The molecule has 1 aromatic carbocycles. The normalized spacial score (nSPS) is 24.1. The Morgan fingerprint density at radius 2 is 1.89 bits per heavy atom. The standard InChI is InChI=1S/C14H17N3O/c15-10-5-1-4-8-13(10)18-14-9-16-11-6-2-3-7-12(11)17-14/h2-3,6-7,9-10,13H,1,4-5,8,15H2. The van der Waals surface area contributed by atoms with E-state index in [0.717, 1.165) is 23.9 Å². The lowest BCUT2D eigenvalue weighted by Crippen LogP contribution is -2.41. The Labute approximate surface area is 106 Å². The van der Waals surface area contributed by atoms with Crippen LogP contribution in [0.3, 0.4) is 0 Å². The van der Waals surface area contributed by atoms with Gasteiger partial charge in [-0.1, -0.05) is 18.6 Å². The molecule has 0 bridgehead atoms. The van der Waals surface area contributed by atoms with Gasteiger partial charge in [-0.05, 0) is 31.4 Å². The van der Waals surface area contributed by atoms with Gasteiger partial charge in [0.05, 0.1) is 17.2 Å². The van der Waals surface area contributed by atoms with Gasteiger partial charge in [-0.2, -0.15) is 0 Å². The van der Waals surface area contributed by atoms with E-state index in [9.17, 15) is 0 Å². The van der Waals surface area contributed by atoms with Crippen molar-refractivity contribution >= 4 is 11.0 Å². The van der Waals surface area contributed by atoms with Crippen molar-refractivity contribution in [2.45, 2.75) is 37.8 Å². The predicted octanol–water partition coefficient (Wildman–Crippen LogP) is 2.28. The molecule has 1 aromatic heterocycles. The van der Waals surface area contributed by atoms with Crippen LogP contribution in [0.1, 0.15) is 25.7 Å². The molecule has 2 unspecified atom stereocenters. The molecule has 1 fully saturated rings. The fourth-order valence-electron chi connectivity index (χ4n) is 2.42. The minimum Gasteiger partial charge on any atom is -0.472 e. The first-order chi connectivity index (χ1) is 8.83. The monoisotopic (exact) mass is 243 g/mol. The van der Waals surface area contributed by atoms with Crippen LogP contribution in [-0.2, 0) is 0 Å². The number of ether oxygens (including phenoxy) is 1. The SMILES string of the molecule is NC1CCCCC1Oc1cnc2ccccc2n1. The number of aromatic nitrogens is 2. The molecule has 1 aliphatic carbocycles. The Morgan fingerprint density at radius 1 is 1.11 bits per heavy atom. The molecule has 0 aliphatic heterocycles. The molecule has 0 amide bonds. The van der Waals surface area contributed by atoms with Gasteiger partial charge in [0.2, 0.25) is 5.88 Å². The van der Waals surface area contributed by atoms with Gasteiger partial charge in [-0.3, -0.25) is 0 Å². The van der Waals surface area contributed by atoms with Crippen LogP contribution in [0.15, 0.2) is 30.5 Å². The van der Waals surface area contributed by atoms with Crippen LogP contribution in [0.25, 0.3) is 11.0 Å². The summed E-state index contributed by atoms with van der Waals surface area (Å²) in [6.07, 6.45) is 6.18. The third kappa shape index (κ3) is 2.29. The molecule has 4 heteroatoms. The van der Waals surface area contributed by atoms with Crippen molar-refractivity contribution in [3.8, 4) is 5.88 Å². The molecule has 2 N–H and O–H groups in total.